The third kappa shape index (κ3) is 8.07. The highest BCUT2D eigenvalue weighted by Crippen LogP contribution is 2.31. The third-order valence-electron chi connectivity index (χ3n) is 5.08. The molecule has 14 heteroatoms. The predicted molar refractivity (Wildman–Crippen MR) is 121 cm³/mol. The molecule has 3 amide bonds. The van der Waals surface area contributed by atoms with Crippen molar-refractivity contribution in [3.05, 3.63) is 27.8 Å². The minimum atomic E-state index is -0.957. The second-order valence-electron chi connectivity index (χ2n) is 7.25. The summed E-state index contributed by atoms with van der Waals surface area (Å²) in [6, 6.07) is 0. The normalized spacial score (nSPS) is 11.6. The first-order valence-electron chi connectivity index (χ1n) is 10.5. The van der Waals surface area contributed by atoms with E-state index in [2.05, 4.69) is 25.4 Å². The molecule has 0 bridgehead atoms. The van der Waals surface area contributed by atoms with Crippen LogP contribution in [0.1, 0.15) is 37.4 Å². The first-order valence-corrected chi connectivity index (χ1v) is 10.5. The third-order valence-corrected chi connectivity index (χ3v) is 5.08. The molecule has 1 aromatic rings. The van der Waals surface area contributed by atoms with Crippen molar-refractivity contribution in [1.82, 2.24) is 10.6 Å². The van der Waals surface area contributed by atoms with Crippen molar-refractivity contribution in [1.29, 1.82) is 0 Å². The lowest BCUT2D eigenvalue weighted by Gasteiger charge is -2.22. The molecule has 14 nitrogen and oxygen atoms in total. The van der Waals surface area contributed by atoms with Crippen LogP contribution in [0.4, 0.5) is 5.69 Å². The van der Waals surface area contributed by atoms with Gasteiger partial charge in [-0.05, 0) is 37.5 Å². The molecule has 0 saturated carbocycles. The maximum atomic E-state index is 13.1. The zero-order chi connectivity index (χ0) is 27.1. The van der Waals surface area contributed by atoms with Gasteiger partial charge >= 0.3 is 0 Å². The van der Waals surface area contributed by atoms with E-state index >= 15 is 0 Å². The van der Waals surface area contributed by atoms with Crippen LogP contribution in [-0.2, 0) is 42.9 Å². The summed E-state index contributed by atoms with van der Waals surface area (Å²) in [6.07, 6.45) is -1.52. The Balaban J connectivity index is 3.30. The monoisotopic (exact) mass is 509 g/mol. The lowest BCUT2D eigenvalue weighted by Crippen LogP contribution is -2.38. The van der Waals surface area contributed by atoms with Crippen molar-refractivity contribution in [2.24, 2.45) is 0 Å². The molecule has 0 aliphatic rings. The molecule has 0 radical (unpaired) electrons. The smallest absolute Gasteiger partial charge is 0.293 e. The average molecular weight is 509 g/mol. The van der Waals surface area contributed by atoms with Crippen LogP contribution < -0.4 is 16.0 Å². The van der Waals surface area contributed by atoms with E-state index in [-0.39, 0.29) is 74.6 Å². The molecule has 0 saturated heterocycles. The summed E-state index contributed by atoms with van der Waals surface area (Å²) in [5, 5.41) is 7.58. The predicted octanol–water partition coefficient (Wildman–Crippen LogP) is -0.931. The molecular weight excluding hydrogens is 482 g/mol. The quantitative estimate of drug-likeness (QED) is 0.163. The summed E-state index contributed by atoms with van der Waals surface area (Å²) in [7, 11) is 0. The number of hydrogen-bond acceptors (Lipinski definition) is 11. The van der Waals surface area contributed by atoms with E-state index in [1.54, 1.807) is 13.8 Å². The van der Waals surface area contributed by atoms with Gasteiger partial charge in [0.25, 0.3) is 37.7 Å². The summed E-state index contributed by atoms with van der Waals surface area (Å²) in [5.74, 6) is -1.31. The number of rotatable bonds is 18. The second kappa shape index (κ2) is 15.4. The zero-order valence-electron chi connectivity index (χ0n) is 19.9. The number of carbonyl (C=O) groups excluding carboxylic acids is 7. The van der Waals surface area contributed by atoms with Crippen molar-refractivity contribution >= 4 is 49.8 Å². The first-order chi connectivity index (χ1) is 17.3. The average Bonchev–Trinajstić information content (AvgIpc) is 2.85. The molecular formula is C22H27N3O11. The number of ether oxygens (including phenoxy) is 4. The molecule has 0 heterocycles. The van der Waals surface area contributed by atoms with Crippen molar-refractivity contribution < 1.29 is 52.5 Å². The van der Waals surface area contributed by atoms with Crippen LogP contribution in [0.3, 0.4) is 0 Å². The van der Waals surface area contributed by atoms with Crippen molar-refractivity contribution in [3.63, 3.8) is 0 Å². The van der Waals surface area contributed by atoms with E-state index in [0.29, 0.717) is 17.5 Å². The lowest BCUT2D eigenvalue weighted by atomic mass is 9.90. The highest BCUT2D eigenvalue weighted by atomic mass is 16.6. The molecule has 3 N–H and O–H groups in total. The molecule has 1 rings (SSSR count). The second-order valence-corrected chi connectivity index (χ2v) is 7.25. The molecule has 36 heavy (non-hydrogen) atoms. The van der Waals surface area contributed by atoms with Gasteiger partial charge in [0, 0.05) is 16.8 Å². The summed E-state index contributed by atoms with van der Waals surface area (Å²) in [6.45, 7) is 4.27. The van der Waals surface area contributed by atoms with Crippen LogP contribution >= 0.6 is 0 Å². The summed E-state index contributed by atoms with van der Waals surface area (Å²) >= 11 is 0. The van der Waals surface area contributed by atoms with Gasteiger partial charge < -0.3 is 34.9 Å². The van der Waals surface area contributed by atoms with Crippen LogP contribution in [0.25, 0.3) is 0 Å². The van der Waals surface area contributed by atoms with Crippen LogP contribution in [0.5, 0.6) is 0 Å². The number of amides is 3. The number of nitrogens with one attached hydrogen (secondary N) is 3. The molecule has 0 aliphatic heterocycles. The number of anilines is 1. The van der Waals surface area contributed by atoms with Gasteiger partial charge in [-0.25, -0.2) is 0 Å². The van der Waals surface area contributed by atoms with E-state index in [1.807, 2.05) is 0 Å². The van der Waals surface area contributed by atoms with Crippen LogP contribution in [0.2, 0.25) is 0 Å². The van der Waals surface area contributed by atoms with Gasteiger partial charge in [-0.1, -0.05) is 0 Å². The number of hydrogen-bond donors (Lipinski definition) is 3. The van der Waals surface area contributed by atoms with Crippen LogP contribution in [0, 0.1) is 20.8 Å². The number of carbonyl (C=O) groups is 7. The van der Waals surface area contributed by atoms with E-state index in [4.69, 9.17) is 9.47 Å². The largest absolute Gasteiger partial charge is 0.464 e. The minimum absolute atomic E-state index is 0.0706. The Morgan fingerprint density at radius 1 is 0.694 bits per heavy atom. The molecule has 0 fully saturated rings. The standard InChI is InChI=1S/C22H27N3O11/c1-13-18(21(31)23-4-16(35-11-29)6-33-9-27)14(2)20(25-8-26)15(3)19(13)22(32)24-5-17(36-12-30)7-34-10-28/h8-12,16-17H,4-7H2,1-3H3,(H,23,31)(H,24,32)(H,25,26). The maximum Gasteiger partial charge on any atom is 0.293 e. The SMILES string of the molecule is Cc1c(NC=O)c(C)c(C(=O)NCC(COC=O)OC=O)c(C)c1C(=O)NCC(COC=O)OC=O. The molecule has 2 unspecified atom stereocenters. The number of benzene rings is 1. The zero-order valence-corrected chi connectivity index (χ0v) is 19.9. The van der Waals surface area contributed by atoms with Gasteiger partial charge in [0.2, 0.25) is 6.41 Å². The van der Waals surface area contributed by atoms with Crippen molar-refractivity contribution in [2.75, 3.05) is 31.6 Å². The Hall–Kier alpha value is -4.49. The molecule has 2 atom stereocenters. The van der Waals surface area contributed by atoms with Gasteiger partial charge in [-0.3, -0.25) is 33.6 Å². The Morgan fingerprint density at radius 2 is 1.11 bits per heavy atom. The van der Waals surface area contributed by atoms with Crippen LogP contribution in [-0.4, -0.2) is 82.6 Å². The van der Waals surface area contributed by atoms with E-state index in [1.165, 1.54) is 6.92 Å². The maximum absolute atomic E-state index is 13.1. The molecule has 0 spiro atoms. The molecule has 0 aliphatic carbocycles. The Kier molecular flexibility index (Phi) is 12.7. The summed E-state index contributed by atoms with van der Waals surface area (Å²) in [4.78, 5) is 79.5. The van der Waals surface area contributed by atoms with Gasteiger partial charge in [-0.15, -0.1) is 0 Å². The van der Waals surface area contributed by atoms with Gasteiger partial charge in [0.15, 0.2) is 12.2 Å². The minimum Gasteiger partial charge on any atom is -0.464 e. The highest BCUT2D eigenvalue weighted by molar-refractivity contribution is 6.06. The van der Waals surface area contributed by atoms with Crippen molar-refractivity contribution in [3.8, 4) is 0 Å². The lowest BCUT2D eigenvalue weighted by molar-refractivity contribution is -0.142. The summed E-state index contributed by atoms with van der Waals surface area (Å²) in [5.41, 5.74) is 1.36. The molecule has 0 aromatic heterocycles. The molecule has 1 aromatic carbocycles. The van der Waals surface area contributed by atoms with Gasteiger partial charge in [0.1, 0.15) is 13.2 Å². The first kappa shape index (κ1) is 29.5. The van der Waals surface area contributed by atoms with E-state index in [0.717, 1.165) is 0 Å². The molecule has 196 valence electrons. The summed E-state index contributed by atoms with van der Waals surface area (Å²) < 4.78 is 18.7. The fourth-order valence-corrected chi connectivity index (χ4v) is 3.51. The van der Waals surface area contributed by atoms with E-state index < -0.39 is 24.0 Å². The van der Waals surface area contributed by atoms with Gasteiger partial charge in [-0.2, -0.15) is 0 Å². The van der Waals surface area contributed by atoms with Crippen LogP contribution in [0.15, 0.2) is 0 Å². The van der Waals surface area contributed by atoms with Gasteiger partial charge in [0.05, 0.1) is 13.1 Å². The Bertz CT molecular complexity index is 911. The van der Waals surface area contributed by atoms with E-state index in [9.17, 15) is 33.6 Å². The fourth-order valence-electron chi connectivity index (χ4n) is 3.51. The Morgan fingerprint density at radius 3 is 1.44 bits per heavy atom. The Labute approximate surface area is 206 Å². The van der Waals surface area contributed by atoms with Crippen molar-refractivity contribution in [2.45, 2.75) is 33.0 Å². The fraction of sp³-hybridized carbons (Fsp3) is 0.409. The topological polar surface area (TPSA) is 192 Å². The highest BCUT2D eigenvalue weighted by Gasteiger charge is 2.26.